The number of nitrogens with one attached hydrogen (secondary N) is 1. The van der Waals surface area contributed by atoms with E-state index in [1.54, 1.807) is 24.7 Å². The zero-order valence-corrected chi connectivity index (χ0v) is 15.8. The second-order valence-electron chi connectivity index (χ2n) is 6.33. The number of halogens is 1. The molecule has 2 aromatic heterocycles. The summed E-state index contributed by atoms with van der Waals surface area (Å²) in [4.78, 5) is 29.9. The number of aromatic nitrogens is 2. The average molecular weight is 393 g/mol. The molecule has 0 atom stereocenters. The van der Waals surface area contributed by atoms with Gasteiger partial charge in [-0.25, -0.2) is 9.37 Å². The van der Waals surface area contributed by atoms with Gasteiger partial charge in [0.1, 0.15) is 11.4 Å². The fraction of sp³-hybridized carbons (Fsp3) is 0.0952. The summed E-state index contributed by atoms with van der Waals surface area (Å²) in [6.07, 6.45) is 1.58. The maximum Gasteiger partial charge on any atom is 0.268 e. The molecule has 5 nitrogen and oxygen atoms in total. The van der Waals surface area contributed by atoms with Crippen LogP contribution in [0.25, 0.3) is 15.9 Å². The van der Waals surface area contributed by atoms with Gasteiger partial charge in [0.2, 0.25) is 0 Å². The summed E-state index contributed by atoms with van der Waals surface area (Å²) in [5, 5.41) is 2.83. The zero-order valence-electron chi connectivity index (χ0n) is 15.0. The summed E-state index contributed by atoms with van der Waals surface area (Å²) >= 11 is 1.51. The monoisotopic (exact) mass is 393 g/mol. The Balaban J connectivity index is 1.64. The van der Waals surface area contributed by atoms with Crippen LogP contribution in [-0.4, -0.2) is 15.5 Å². The largest absolute Gasteiger partial charge is 0.348 e. The number of aryl methyl sites for hydroxylation is 1. The molecule has 0 saturated heterocycles. The fourth-order valence-electron chi connectivity index (χ4n) is 3.06. The Labute approximate surface area is 164 Å². The topological polar surface area (TPSA) is 64.0 Å². The molecule has 28 heavy (non-hydrogen) atoms. The highest BCUT2D eigenvalue weighted by molar-refractivity contribution is 7.16. The SMILES string of the molecule is Cc1ccn(-c2ccc(F)cc2)c(=O)c1C(=O)NCc1cccc2ncsc12. The van der Waals surface area contributed by atoms with Crippen molar-refractivity contribution in [2.24, 2.45) is 0 Å². The third kappa shape index (κ3) is 3.32. The van der Waals surface area contributed by atoms with Gasteiger partial charge in [0.25, 0.3) is 11.5 Å². The van der Waals surface area contributed by atoms with Crippen molar-refractivity contribution in [1.29, 1.82) is 0 Å². The number of hydrogen-bond acceptors (Lipinski definition) is 4. The maximum absolute atomic E-state index is 13.2. The first-order valence-corrected chi connectivity index (χ1v) is 9.50. The van der Waals surface area contributed by atoms with Gasteiger partial charge in [0, 0.05) is 18.4 Å². The molecule has 7 heteroatoms. The molecule has 0 aliphatic rings. The molecule has 0 saturated carbocycles. The van der Waals surface area contributed by atoms with E-state index in [4.69, 9.17) is 0 Å². The van der Waals surface area contributed by atoms with Crippen molar-refractivity contribution in [3.63, 3.8) is 0 Å². The van der Waals surface area contributed by atoms with Gasteiger partial charge in [-0.05, 0) is 54.4 Å². The summed E-state index contributed by atoms with van der Waals surface area (Å²) < 4.78 is 15.5. The molecule has 1 N–H and O–H groups in total. The van der Waals surface area contributed by atoms with Crippen LogP contribution in [0.3, 0.4) is 0 Å². The van der Waals surface area contributed by atoms with Crippen LogP contribution in [0, 0.1) is 12.7 Å². The first kappa shape index (κ1) is 18.1. The first-order valence-electron chi connectivity index (χ1n) is 8.62. The van der Waals surface area contributed by atoms with Gasteiger partial charge in [0.15, 0.2) is 0 Å². The predicted octanol–water partition coefficient (Wildman–Crippen LogP) is 3.82. The van der Waals surface area contributed by atoms with Gasteiger partial charge < -0.3 is 5.32 Å². The van der Waals surface area contributed by atoms with Gasteiger partial charge in [-0.2, -0.15) is 0 Å². The molecule has 1 amide bonds. The number of fused-ring (bicyclic) bond motifs is 1. The van der Waals surface area contributed by atoms with E-state index in [0.717, 1.165) is 15.8 Å². The normalized spacial score (nSPS) is 10.9. The summed E-state index contributed by atoms with van der Waals surface area (Å²) in [6, 6.07) is 13.0. The summed E-state index contributed by atoms with van der Waals surface area (Å²) in [6.45, 7) is 2.01. The Kier molecular flexibility index (Phi) is 4.75. The van der Waals surface area contributed by atoms with Crippen LogP contribution in [0.2, 0.25) is 0 Å². The van der Waals surface area contributed by atoms with Gasteiger partial charge >= 0.3 is 0 Å². The van der Waals surface area contributed by atoms with E-state index in [1.807, 2.05) is 18.2 Å². The van der Waals surface area contributed by atoms with Gasteiger partial charge in [0.05, 0.1) is 15.7 Å². The average Bonchev–Trinajstić information content (AvgIpc) is 3.17. The summed E-state index contributed by atoms with van der Waals surface area (Å²) in [5.41, 5.74) is 4.29. The number of benzene rings is 2. The van der Waals surface area contributed by atoms with Gasteiger partial charge in [-0.3, -0.25) is 14.2 Å². The highest BCUT2D eigenvalue weighted by Crippen LogP contribution is 2.22. The molecule has 0 aliphatic carbocycles. The second kappa shape index (κ2) is 7.36. The van der Waals surface area contributed by atoms with Crippen molar-refractivity contribution in [1.82, 2.24) is 14.9 Å². The van der Waals surface area contributed by atoms with E-state index in [-0.39, 0.29) is 11.4 Å². The summed E-state index contributed by atoms with van der Waals surface area (Å²) in [7, 11) is 0. The minimum absolute atomic E-state index is 0.0725. The van der Waals surface area contributed by atoms with Crippen LogP contribution in [-0.2, 0) is 6.54 Å². The molecule has 2 heterocycles. The van der Waals surface area contributed by atoms with Crippen LogP contribution in [0.4, 0.5) is 4.39 Å². The standard InChI is InChI=1S/C21H16FN3O2S/c1-13-9-10-25(16-7-5-15(22)6-8-16)21(27)18(13)20(26)23-11-14-3-2-4-17-19(14)28-12-24-17/h2-10,12H,11H2,1H3,(H,23,26). The lowest BCUT2D eigenvalue weighted by atomic mass is 10.1. The van der Waals surface area contributed by atoms with Crippen molar-refractivity contribution in [3.05, 3.63) is 93.1 Å². The Morgan fingerprint density at radius 2 is 1.96 bits per heavy atom. The number of hydrogen-bond donors (Lipinski definition) is 1. The second-order valence-corrected chi connectivity index (χ2v) is 7.18. The maximum atomic E-state index is 13.2. The molecule has 2 aromatic carbocycles. The van der Waals surface area contributed by atoms with E-state index in [0.29, 0.717) is 17.8 Å². The van der Waals surface area contributed by atoms with E-state index >= 15 is 0 Å². The van der Waals surface area contributed by atoms with E-state index in [2.05, 4.69) is 10.3 Å². The van der Waals surface area contributed by atoms with Crippen LogP contribution < -0.4 is 10.9 Å². The third-order valence-electron chi connectivity index (χ3n) is 4.51. The first-order chi connectivity index (χ1) is 13.5. The highest BCUT2D eigenvalue weighted by Gasteiger charge is 2.17. The van der Waals surface area contributed by atoms with Crippen molar-refractivity contribution in [2.45, 2.75) is 13.5 Å². The molecule has 0 aliphatic heterocycles. The number of thiazole rings is 1. The van der Waals surface area contributed by atoms with Crippen LogP contribution >= 0.6 is 11.3 Å². The van der Waals surface area contributed by atoms with Crippen molar-refractivity contribution >= 4 is 27.5 Å². The molecular formula is C21H16FN3O2S. The number of rotatable bonds is 4. The smallest absolute Gasteiger partial charge is 0.268 e. The number of carbonyl (C=O) groups is 1. The minimum atomic E-state index is -0.444. The Morgan fingerprint density at radius 1 is 1.18 bits per heavy atom. The molecule has 0 spiro atoms. The molecule has 4 aromatic rings. The summed E-state index contributed by atoms with van der Waals surface area (Å²) in [5.74, 6) is -0.834. The van der Waals surface area contributed by atoms with Gasteiger partial charge in [-0.1, -0.05) is 12.1 Å². The number of amides is 1. The van der Waals surface area contributed by atoms with E-state index in [9.17, 15) is 14.0 Å². The Bertz CT molecular complexity index is 1230. The minimum Gasteiger partial charge on any atom is -0.348 e. The number of carbonyl (C=O) groups excluding carboxylic acids is 1. The molecular weight excluding hydrogens is 377 g/mol. The van der Waals surface area contributed by atoms with Crippen molar-refractivity contribution in [2.75, 3.05) is 0 Å². The lowest BCUT2D eigenvalue weighted by Crippen LogP contribution is -2.33. The number of nitrogens with zero attached hydrogens (tertiary/aromatic N) is 2. The molecule has 4 rings (SSSR count). The van der Waals surface area contributed by atoms with E-state index < -0.39 is 11.5 Å². The highest BCUT2D eigenvalue weighted by atomic mass is 32.1. The van der Waals surface area contributed by atoms with Crippen molar-refractivity contribution < 1.29 is 9.18 Å². The zero-order chi connectivity index (χ0) is 19.7. The molecule has 0 fully saturated rings. The lowest BCUT2D eigenvalue weighted by molar-refractivity contribution is 0.0948. The fourth-order valence-corrected chi connectivity index (χ4v) is 3.86. The van der Waals surface area contributed by atoms with E-state index in [1.165, 1.54) is 40.2 Å². The van der Waals surface area contributed by atoms with Crippen LogP contribution in [0.1, 0.15) is 21.5 Å². The third-order valence-corrected chi connectivity index (χ3v) is 5.43. The molecule has 140 valence electrons. The Hall–Kier alpha value is -3.32. The molecule has 0 radical (unpaired) electrons. The lowest BCUT2D eigenvalue weighted by Gasteiger charge is -2.11. The van der Waals surface area contributed by atoms with Crippen LogP contribution in [0.5, 0.6) is 0 Å². The Morgan fingerprint density at radius 3 is 2.75 bits per heavy atom. The molecule has 0 bridgehead atoms. The quantitative estimate of drug-likeness (QED) is 0.573. The predicted molar refractivity (Wildman–Crippen MR) is 108 cm³/mol. The molecule has 0 unspecified atom stereocenters. The van der Waals surface area contributed by atoms with Crippen molar-refractivity contribution in [3.8, 4) is 5.69 Å². The van der Waals surface area contributed by atoms with Crippen LogP contribution in [0.15, 0.2) is 65.0 Å². The van der Waals surface area contributed by atoms with Gasteiger partial charge in [-0.15, -0.1) is 11.3 Å². The number of pyridine rings is 1.